The van der Waals surface area contributed by atoms with E-state index in [0.717, 1.165) is 28.4 Å². The highest BCUT2D eigenvalue weighted by Gasteiger charge is 2.15. The van der Waals surface area contributed by atoms with Gasteiger partial charge in [0.15, 0.2) is 0 Å². The van der Waals surface area contributed by atoms with E-state index in [9.17, 15) is 10.1 Å². The maximum Gasteiger partial charge on any atom is 0.270 e. The van der Waals surface area contributed by atoms with E-state index < -0.39 is 0 Å². The zero-order valence-corrected chi connectivity index (χ0v) is 12.5. The Morgan fingerprint density at radius 3 is 2.90 bits per heavy atom. The lowest BCUT2D eigenvalue weighted by atomic mass is 10.1. The average Bonchev–Trinajstić information content (AvgIpc) is 2.88. The van der Waals surface area contributed by atoms with Gasteiger partial charge in [-0.05, 0) is 26.0 Å². The van der Waals surface area contributed by atoms with Gasteiger partial charge in [-0.3, -0.25) is 10.1 Å². The van der Waals surface area contributed by atoms with Crippen LogP contribution in [0.25, 0.3) is 10.6 Å². The predicted molar refractivity (Wildman–Crippen MR) is 81.0 cm³/mol. The van der Waals surface area contributed by atoms with Crippen LogP contribution < -0.4 is 5.32 Å². The van der Waals surface area contributed by atoms with Crippen LogP contribution >= 0.6 is 11.3 Å². The first-order valence-electron chi connectivity index (χ1n) is 6.47. The summed E-state index contributed by atoms with van der Waals surface area (Å²) in [6, 6.07) is 5.07. The molecule has 1 aromatic carbocycles. The van der Waals surface area contributed by atoms with E-state index in [1.165, 1.54) is 17.4 Å². The fraction of sp³-hybridized carbons (Fsp3) is 0.357. The number of hydrogen-bond acceptors (Lipinski definition) is 5. The summed E-state index contributed by atoms with van der Waals surface area (Å²) < 4.78 is 0. The van der Waals surface area contributed by atoms with Crippen LogP contribution in [-0.4, -0.2) is 16.5 Å². The van der Waals surface area contributed by atoms with Gasteiger partial charge in [0.2, 0.25) is 0 Å². The molecule has 0 saturated carbocycles. The molecule has 2 rings (SSSR count). The number of thiazole rings is 1. The summed E-state index contributed by atoms with van der Waals surface area (Å²) in [6.45, 7) is 6.93. The number of non-ortho nitro benzene ring substituents is 1. The number of nitrogens with zero attached hydrogens (tertiary/aromatic N) is 2. The average molecular weight is 291 g/mol. The van der Waals surface area contributed by atoms with Gasteiger partial charge >= 0.3 is 0 Å². The number of benzene rings is 1. The summed E-state index contributed by atoms with van der Waals surface area (Å²) in [5, 5.41) is 17.0. The zero-order chi connectivity index (χ0) is 14.7. The first-order chi connectivity index (χ1) is 9.52. The van der Waals surface area contributed by atoms with E-state index in [2.05, 4.69) is 24.1 Å². The first-order valence-corrected chi connectivity index (χ1v) is 7.35. The van der Waals surface area contributed by atoms with Crippen molar-refractivity contribution in [2.24, 2.45) is 0 Å². The van der Waals surface area contributed by atoms with Gasteiger partial charge in [0.25, 0.3) is 5.69 Å². The van der Waals surface area contributed by atoms with Crippen molar-refractivity contribution >= 4 is 17.0 Å². The molecule has 1 aromatic heterocycles. The molecule has 0 aliphatic carbocycles. The van der Waals surface area contributed by atoms with Gasteiger partial charge in [0, 0.05) is 29.1 Å². The van der Waals surface area contributed by atoms with E-state index in [1.807, 2.05) is 12.3 Å². The monoisotopic (exact) mass is 291 g/mol. The van der Waals surface area contributed by atoms with Gasteiger partial charge in [0.05, 0.1) is 10.6 Å². The van der Waals surface area contributed by atoms with E-state index in [1.54, 1.807) is 12.1 Å². The summed E-state index contributed by atoms with van der Waals surface area (Å²) in [5.41, 5.74) is 2.89. The molecule has 0 saturated heterocycles. The Morgan fingerprint density at radius 2 is 2.25 bits per heavy atom. The summed E-state index contributed by atoms with van der Waals surface area (Å²) >= 11 is 1.52. The fourth-order valence-electron chi connectivity index (χ4n) is 1.97. The van der Waals surface area contributed by atoms with Gasteiger partial charge in [-0.25, -0.2) is 4.98 Å². The standard InChI is InChI=1S/C14H17N3O2S/c1-4-15-10(3)13-8-20-14(16-13)12-7-11(17(18)19)6-5-9(12)2/h5-8,10,15H,4H2,1-3H3. The summed E-state index contributed by atoms with van der Waals surface area (Å²) in [5.74, 6) is 0. The molecule has 0 aliphatic heterocycles. The van der Waals surface area contributed by atoms with Crippen LogP contribution in [0.4, 0.5) is 5.69 Å². The minimum atomic E-state index is -0.376. The lowest BCUT2D eigenvalue weighted by Gasteiger charge is -2.08. The van der Waals surface area contributed by atoms with E-state index in [0.29, 0.717) is 0 Å². The van der Waals surface area contributed by atoms with Crippen molar-refractivity contribution in [3.05, 3.63) is 45.0 Å². The number of hydrogen-bond donors (Lipinski definition) is 1. The highest BCUT2D eigenvalue weighted by atomic mass is 32.1. The Hall–Kier alpha value is -1.79. The van der Waals surface area contributed by atoms with Crippen LogP contribution in [0.5, 0.6) is 0 Å². The molecule has 0 aliphatic rings. The van der Waals surface area contributed by atoms with Crippen molar-refractivity contribution in [3.63, 3.8) is 0 Å². The van der Waals surface area contributed by atoms with E-state index >= 15 is 0 Å². The second-order valence-electron chi connectivity index (χ2n) is 4.61. The minimum absolute atomic E-state index is 0.0991. The van der Waals surface area contributed by atoms with Crippen molar-refractivity contribution < 1.29 is 4.92 Å². The van der Waals surface area contributed by atoms with Crippen LogP contribution in [0.15, 0.2) is 23.6 Å². The van der Waals surface area contributed by atoms with Crippen LogP contribution in [0.1, 0.15) is 31.1 Å². The molecule has 1 N–H and O–H groups in total. The molecule has 6 heteroatoms. The van der Waals surface area contributed by atoms with Crippen molar-refractivity contribution in [3.8, 4) is 10.6 Å². The molecule has 1 heterocycles. The highest BCUT2D eigenvalue weighted by Crippen LogP contribution is 2.31. The van der Waals surface area contributed by atoms with E-state index in [-0.39, 0.29) is 16.7 Å². The molecule has 0 spiro atoms. The van der Waals surface area contributed by atoms with Gasteiger partial charge in [0.1, 0.15) is 5.01 Å². The topological polar surface area (TPSA) is 68.1 Å². The molecular weight excluding hydrogens is 274 g/mol. The Morgan fingerprint density at radius 1 is 1.50 bits per heavy atom. The predicted octanol–water partition coefficient (Wildman–Crippen LogP) is 3.70. The van der Waals surface area contributed by atoms with Crippen LogP contribution in [0.3, 0.4) is 0 Å². The van der Waals surface area contributed by atoms with E-state index in [4.69, 9.17) is 0 Å². The quantitative estimate of drug-likeness (QED) is 0.673. The molecule has 0 fully saturated rings. The zero-order valence-electron chi connectivity index (χ0n) is 11.7. The Labute approximate surface area is 121 Å². The van der Waals surface area contributed by atoms with Crippen molar-refractivity contribution in [1.82, 2.24) is 10.3 Å². The second kappa shape index (κ2) is 6.11. The number of nitro groups is 1. The molecule has 1 unspecified atom stereocenters. The largest absolute Gasteiger partial charge is 0.309 e. The lowest BCUT2D eigenvalue weighted by Crippen LogP contribution is -2.17. The highest BCUT2D eigenvalue weighted by molar-refractivity contribution is 7.13. The summed E-state index contributed by atoms with van der Waals surface area (Å²) in [6.07, 6.45) is 0. The molecule has 0 bridgehead atoms. The molecular formula is C14H17N3O2S. The maximum absolute atomic E-state index is 10.9. The number of aromatic nitrogens is 1. The molecule has 0 amide bonds. The third-order valence-electron chi connectivity index (χ3n) is 3.14. The third-order valence-corrected chi connectivity index (χ3v) is 4.03. The Bertz CT molecular complexity index is 625. The van der Waals surface area contributed by atoms with Crippen LogP contribution in [0.2, 0.25) is 0 Å². The molecule has 5 nitrogen and oxygen atoms in total. The van der Waals surface area contributed by atoms with Crippen LogP contribution in [0, 0.1) is 17.0 Å². The van der Waals surface area contributed by atoms with Gasteiger partial charge in [-0.1, -0.05) is 13.0 Å². The number of aryl methyl sites for hydroxylation is 1. The Balaban J connectivity index is 2.36. The van der Waals surface area contributed by atoms with Gasteiger partial charge in [-0.2, -0.15) is 0 Å². The normalized spacial score (nSPS) is 12.3. The molecule has 2 aromatic rings. The first kappa shape index (κ1) is 14.6. The maximum atomic E-state index is 10.9. The fourth-order valence-corrected chi connectivity index (χ4v) is 2.97. The number of rotatable bonds is 5. The number of nitrogens with one attached hydrogen (secondary N) is 1. The third kappa shape index (κ3) is 3.02. The smallest absolute Gasteiger partial charge is 0.270 e. The van der Waals surface area contributed by atoms with Gasteiger partial charge < -0.3 is 5.32 Å². The Kier molecular flexibility index (Phi) is 4.46. The van der Waals surface area contributed by atoms with Crippen molar-refractivity contribution in [2.75, 3.05) is 6.54 Å². The molecule has 1 atom stereocenters. The number of nitro benzene ring substituents is 1. The summed E-state index contributed by atoms with van der Waals surface area (Å²) in [7, 11) is 0. The van der Waals surface area contributed by atoms with Crippen molar-refractivity contribution in [2.45, 2.75) is 26.8 Å². The minimum Gasteiger partial charge on any atom is -0.309 e. The molecule has 106 valence electrons. The second-order valence-corrected chi connectivity index (χ2v) is 5.47. The summed E-state index contributed by atoms with van der Waals surface area (Å²) in [4.78, 5) is 15.1. The lowest BCUT2D eigenvalue weighted by molar-refractivity contribution is -0.384. The van der Waals surface area contributed by atoms with Crippen molar-refractivity contribution in [1.29, 1.82) is 0 Å². The van der Waals surface area contributed by atoms with Gasteiger partial charge in [-0.15, -0.1) is 11.3 Å². The van der Waals surface area contributed by atoms with Crippen LogP contribution in [-0.2, 0) is 0 Å². The molecule has 0 radical (unpaired) electrons. The SMILES string of the molecule is CCNC(C)c1csc(-c2cc([N+](=O)[O-])ccc2C)n1. The molecule has 20 heavy (non-hydrogen) atoms.